The van der Waals surface area contributed by atoms with Crippen molar-refractivity contribution in [2.24, 2.45) is 0 Å². The molecule has 1 fully saturated rings. The van der Waals surface area contributed by atoms with E-state index in [0.29, 0.717) is 19.0 Å². The number of hydrogen-bond donors (Lipinski definition) is 1. The second kappa shape index (κ2) is 9.72. The maximum atomic E-state index is 12.5. The Morgan fingerprint density at radius 1 is 1.10 bits per heavy atom. The number of benzene rings is 2. The Morgan fingerprint density at radius 3 is 2.55 bits per heavy atom. The van der Waals surface area contributed by atoms with Gasteiger partial charge >= 0.3 is 0 Å². The van der Waals surface area contributed by atoms with Crippen LogP contribution >= 0.6 is 11.3 Å². The average molecular weight is 456 g/mol. The summed E-state index contributed by atoms with van der Waals surface area (Å²) < 4.78 is 27.9. The molecule has 6 nitrogen and oxygen atoms in total. The summed E-state index contributed by atoms with van der Waals surface area (Å²) in [5, 5.41) is 2.28. The van der Waals surface area contributed by atoms with Gasteiger partial charge in [-0.25, -0.2) is 18.1 Å². The van der Waals surface area contributed by atoms with Crippen molar-refractivity contribution < 1.29 is 13.2 Å². The van der Waals surface area contributed by atoms with Gasteiger partial charge < -0.3 is 4.90 Å². The fourth-order valence-electron chi connectivity index (χ4n) is 3.68. The van der Waals surface area contributed by atoms with E-state index in [1.54, 1.807) is 11.3 Å². The lowest BCUT2D eigenvalue weighted by molar-refractivity contribution is -0.132. The summed E-state index contributed by atoms with van der Waals surface area (Å²) in [6.07, 6.45) is 3.47. The van der Waals surface area contributed by atoms with E-state index in [4.69, 9.17) is 4.98 Å². The lowest BCUT2D eigenvalue weighted by Gasteiger charge is -2.31. The molecule has 0 unspecified atom stereocenters. The van der Waals surface area contributed by atoms with Gasteiger partial charge in [-0.15, -0.1) is 11.3 Å². The number of fused-ring (bicyclic) bond motifs is 1. The lowest BCUT2D eigenvalue weighted by Crippen LogP contribution is -2.39. The van der Waals surface area contributed by atoms with Crippen LogP contribution in [0.3, 0.4) is 0 Å². The Balaban J connectivity index is 1.23. The molecule has 1 saturated heterocycles. The molecule has 0 aliphatic carbocycles. The number of rotatable bonds is 7. The summed E-state index contributed by atoms with van der Waals surface area (Å²) in [7, 11) is -3.57. The molecule has 2 aromatic carbocycles. The fourth-order valence-corrected chi connectivity index (χ4v) is 5.63. The molecule has 162 valence electrons. The van der Waals surface area contributed by atoms with Crippen LogP contribution in [0, 0.1) is 0 Å². The number of hydrogen-bond acceptors (Lipinski definition) is 5. The summed E-state index contributed by atoms with van der Waals surface area (Å²) in [5.41, 5.74) is 1.84. The number of piperidine rings is 1. The Bertz CT molecular complexity index is 1130. The smallest absolute Gasteiger partial charge is 0.233 e. The van der Waals surface area contributed by atoms with E-state index >= 15 is 0 Å². The molecular weight excluding hydrogens is 430 g/mol. The Hall–Kier alpha value is -2.55. The minimum atomic E-state index is -3.57. The van der Waals surface area contributed by atoms with Crippen LogP contribution in [0.1, 0.15) is 35.8 Å². The van der Waals surface area contributed by atoms with Crippen LogP contribution in [0.2, 0.25) is 0 Å². The van der Waals surface area contributed by atoms with Crippen LogP contribution in [0.4, 0.5) is 0 Å². The van der Waals surface area contributed by atoms with Crippen LogP contribution in [-0.4, -0.2) is 43.8 Å². The quantitative estimate of drug-likeness (QED) is 0.584. The van der Waals surface area contributed by atoms with Crippen molar-refractivity contribution in [3.05, 3.63) is 70.6 Å². The molecule has 0 radical (unpaired) electrons. The van der Waals surface area contributed by atoms with Crippen LogP contribution in [0.25, 0.3) is 16.3 Å². The van der Waals surface area contributed by atoms with Gasteiger partial charge in [0.2, 0.25) is 15.9 Å². The van der Waals surface area contributed by atoms with Crippen molar-refractivity contribution in [3.63, 3.8) is 0 Å². The lowest BCUT2D eigenvalue weighted by atomic mass is 9.97. The number of nitrogens with zero attached hydrogens (tertiary/aromatic N) is 2. The zero-order valence-corrected chi connectivity index (χ0v) is 18.7. The molecule has 0 bridgehead atoms. The van der Waals surface area contributed by atoms with Gasteiger partial charge in [-0.05, 0) is 36.6 Å². The van der Waals surface area contributed by atoms with Gasteiger partial charge in [0.15, 0.2) is 0 Å². The van der Waals surface area contributed by atoms with Crippen LogP contribution in [-0.2, 0) is 14.8 Å². The molecule has 31 heavy (non-hydrogen) atoms. The maximum absolute atomic E-state index is 12.5. The number of carbonyl (C=O) groups excluding carboxylic acids is 1. The molecule has 0 atom stereocenters. The SMILES string of the molecule is O=C(CCNS(=O)(=O)/C=C/c1ccccc1)N1CCC(c2nc3ccccc3s2)CC1. The van der Waals surface area contributed by atoms with E-state index in [1.807, 2.05) is 53.4 Å². The highest BCUT2D eigenvalue weighted by molar-refractivity contribution is 7.92. The minimum absolute atomic E-state index is 0.0162. The summed E-state index contributed by atoms with van der Waals surface area (Å²) in [6.45, 7) is 1.46. The highest BCUT2D eigenvalue weighted by Gasteiger charge is 2.25. The number of aromatic nitrogens is 1. The summed E-state index contributed by atoms with van der Waals surface area (Å²) in [5.74, 6) is 0.362. The van der Waals surface area contributed by atoms with Crippen molar-refractivity contribution in [2.45, 2.75) is 25.2 Å². The first-order valence-corrected chi connectivity index (χ1v) is 12.7. The van der Waals surface area contributed by atoms with Crippen molar-refractivity contribution in [1.82, 2.24) is 14.6 Å². The minimum Gasteiger partial charge on any atom is -0.343 e. The largest absolute Gasteiger partial charge is 0.343 e. The predicted molar refractivity (Wildman–Crippen MR) is 125 cm³/mol. The molecule has 0 saturated carbocycles. The first-order valence-electron chi connectivity index (χ1n) is 10.4. The number of nitrogens with one attached hydrogen (secondary N) is 1. The molecule has 4 rings (SSSR count). The van der Waals surface area contributed by atoms with E-state index in [-0.39, 0.29) is 18.9 Å². The molecule has 8 heteroatoms. The maximum Gasteiger partial charge on any atom is 0.233 e. The van der Waals surface area contributed by atoms with E-state index in [1.165, 1.54) is 10.8 Å². The van der Waals surface area contributed by atoms with Crippen LogP contribution < -0.4 is 4.72 Å². The fraction of sp³-hybridized carbons (Fsp3) is 0.304. The Labute approximate surface area is 186 Å². The molecule has 3 aromatic rings. The van der Waals surface area contributed by atoms with Crippen molar-refractivity contribution in [2.75, 3.05) is 19.6 Å². The van der Waals surface area contributed by atoms with E-state index in [2.05, 4.69) is 10.8 Å². The predicted octanol–water partition coefficient (Wildman–Crippen LogP) is 3.98. The molecule has 2 heterocycles. The number of likely N-dealkylation sites (tertiary alicyclic amines) is 1. The first kappa shape index (κ1) is 21.7. The standard InChI is InChI=1S/C23H25N3O3S2/c27-22(10-14-24-31(28,29)17-13-18-6-2-1-3-7-18)26-15-11-19(12-16-26)23-25-20-8-4-5-9-21(20)30-23/h1-9,13,17,19,24H,10-12,14-16H2/b17-13+. The van der Waals surface area contributed by atoms with E-state index in [0.717, 1.165) is 34.3 Å². The van der Waals surface area contributed by atoms with Gasteiger partial charge in [0.05, 0.1) is 15.2 Å². The highest BCUT2D eigenvalue weighted by Crippen LogP contribution is 2.33. The number of sulfonamides is 1. The van der Waals surface area contributed by atoms with Crippen molar-refractivity contribution in [1.29, 1.82) is 0 Å². The molecule has 0 spiro atoms. The summed E-state index contributed by atoms with van der Waals surface area (Å²) >= 11 is 1.74. The third-order valence-electron chi connectivity index (χ3n) is 5.39. The molecule has 1 aliphatic rings. The Kier molecular flexibility index (Phi) is 6.80. The third-order valence-corrected chi connectivity index (χ3v) is 7.69. The van der Waals surface area contributed by atoms with E-state index < -0.39 is 10.0 Å². The number of para-hydroxylation sites is 1. The van der Waals surface area contributed by atoms with Crippen LogP contribution in [0.15, 0.2) is 60.0 Å². The summed E-state index contributed by atoms with van der Waals surface area (Å²) in [6, 6.07) is 17.4. The molecule has 1 aliphatic heterocycles. The number of carbonyl (C=O) groups is 1. The zero-order chi connectivity index (χ0) is 21.7. The molecule has 1 amide bonds. The van der Waals surface area contributed by atoms with Crippen molar-refractivity contribution in [3.8, 4) is 0 Å². The highest BCUT2D eigenvalue weighted by atomic mass is 32.2. The topological polar surface area (TPSA) is 79.4 Å². The second-order valence-electron chi connectivity index (χ2n) is 7.58. The molecule has 1 aromatic heterocycles. The second-order valence-corrected chi connectivity index (χ2v) is 10.3. The zero-order valence-electron chi connectivity index (χ0n) is 17.1. The van der Waals surface area contributed by atoms with Gasteiger partial charge in [-0.3, -0.25) is 4.79 Å². The summed E-state index contributed by atoms with van der Waals surface area (Å²) in [4.78, 5) is 19.1. The first-order chi connectivity index (χ1) is 15.0. The normalized spacial score (nSPS) is 15.7. The van der Waals surface area contributed by atoms with Gasteiger partial charge in [-0.1, -0.05) is 42.5 Å². The van der Waals surface area contributed by atoms with Crippen LogP contribution in [0.5, 0.6) is 0 Å². The number of amides is 1. The average Bonchev–Trinajstić information content (AvgIpc) is 3.23. The van der Waals surface area contributed by atoms with Gasteiger partial charge in [0.25, 0.3) is 0 Å². The van der Waals surface area contributed by atoms with Gasteiger partial charge in [-0.2, -0.15) is 0 Å². The number of thiazole rings is 1. The molecule has 1 N–H and O–H groups in total. The van der Waals surface area contributed by atoms with Gasteiger partial charge in [0.1, 0.15) is 0 Å². The molecular formula is C23H25N3O3S2. The Morgan fingerprint density at radius 2 is 1.81 bits per heavy atom. The van der Waals surface area contributed by atoms with Crippen molar-refractivity contribution >= 4 is 43.6 Å². The third kappa shape index (κ3) is 5.78. The van der Waals surface area contributed by atoms with E-state index in [9.17, 15) is 13.2 Å². The van der Waals surface area contributed by atoms with Gasteiger partial charge in [0, 0.05) is 37.4 Å². The monoisotopic (exact) mass is 455 g/mol.